The van der Waals surface area contributed by atoms with Gasteiger partial charge in [0.1, 0.15) is 12.1 Å². The van der Waals surface area contributed by atoms with Crippen molar-refractivity contribution in [3.8, 4) is 0 Å². The van der Waals surface area contributed by atoms with E-state index in [2.05, 4.69) is 12.1 Å². The third-order valence-corrected chi connectivity index (χ3v) is 4.13. The van der Waals surface area contributed by atoms with E-state index >= 15 is 0 Å². The molecule has 1 fully saturated rings. The van der Waals surface area contributed by atoms with Crippen molar-refractivity contribution < 1.29 is 19.1 Å². The van der Waals surface area contributed by atoms with Gasteiger partial charge in [-0.2, -0.15) is 0 Å². The van der Waals surface area contributed by atoms with E-state index in [1.54, 1.807) is 13.8 Å². The van der Waals surface area contributed by atoms with E-state index in [-0.39, 0.29) is 24.0 Å². The summed E-state index contributed by atoms with van der Waals surface area (Å²) in [6.07, 6.45) is 2.06. The molecule has 0 spiro atoms. The standard InChI is InChI=1S/C18H25NO4/c1-3-22-17(20)15-10-11-16(18(21)23-4-2)19(15)13-12-14-8-6-5-7-9-14/h5-9,15-16H,3-4,10-13H2,1-2H3/t15-,16+. The number of rotatable bonds is 7. The zero-order chi connectivity index (χ0) is 16.7. The van der Waals surface area contributed by atoms with Gasteiger partial charge in [0.25, 0.3) is 0 Å². The Kier molecular flexibility index (Phi) is 6.59. The second-order valence-electron chi connectivity index (χ2n) is 5.59. The summed E-state index contributed by atoms with van der Waals surface area (Å²) in [6.45, 7) is 4.93. The molecule has 1 heterocycles. The highest BCUT2D eigenvalue weighted by molar-refractivity contribution is 5.81. The summed E-state index contributed by atoms with van der Waals surface area (Å²) in [6, 6.07) is 9.35. The Hall–Kier alpha value is -1.88. The van der Waals surface area contributed by atoms with Crippen LogP contribution in [0.15, 0.2) is 30.3 Å². The van der Waals surface area contributed by atoms with E-state index in [1.165, 1.54) is 5.56 Å². The van der Waals surface area contributed by atoms with Crippen molar-refractivity contribution in [3.63, 3.8) is 0 Å². The van der Waals surface area contributed by atoms with Crippen molar-refractivity contribution in [2.45, 2.75) is 45.2 Å². The van der Waals surface area contributed by atoms with Crippen molar-refractivity contribution in [2.75, 3.05) is 19.8 Å². The Labute approximate surface area is 137 Å². The maximum atomic E-state index is 12.2. The molecular weight excluding hydrogens is 294 g/mol. The van der Waals surface area contributed by atoms with Gasteiger partial charge in [0, 0.05) is 6.54 Å². The number of nitrogens with zero attached hydrogens (tertiary/aromatic N) is 1. The lowest BCUT2D eigenvalue weighted by atomic mass is 10.1. The van der Waals surface area contributed by atoms with Gasteiger partial charge in [0.2, 0.25) is 0 Å². The molecule has 0 amide bonds. The molecule has 1 saturated heterocycles. The molecule has 0 aliphatic carbocycles. The minimum atomic E-state index is -0.354. The van der Waals surface area contributed by atoms with Gasteiger partial charge < -0.3 is 9.47 Å². The lowest BCUT2D eigenvalue weighted by molar-refractivity contribution is -0.153. The molecule has 1 aliphatic heterocycles. The second-order valence-corrected chi connectivity index (χ2v) is 5.59. The Morgan fingerprint density at radius 2 is 1.52 bits per heavy atom. The highest BCUT2D eigenvalue weighted by Gasteiger charge is 2.42. The SMILES string of the molecule is CCOC(=O)[C@H]1CC[C@@H](C(=O)OCC)N1CCc1ccccc1. The lowest BCUT2D eigenvalue weighted by Gasteiger charge is -2.27. The number of hydrogen-bond donors (Lipinski definition) is 0. The van der Waals surface area contributed by atoms with Crippen LogP contribution in [0, 0.1) is 0 Å². The number of hydrogen-bond acceptors (Lipinski definition) is 5. The number of likely N-dealkylation sites (tertiary alicyclic amines) is 1. The minimum absolute atomic E-state index is 0.243. The van der Waals surface area contributed by atoms with E-state index in [9.17, 15) is 9.59 Å². The predicted octanol–water partition coefficient (Wildman–Crippen LogP) is 2.19. The van der Waals surface area contributed by atoms with Crippen molar-refractivity contribution in [2.24, 2.45) is 0 Å². The molecular formula is C18H25NO4. The molecule has 0 saturated carbocycles. The van der Waals surface area contributed by atoms with Crippen LogP contribution in [0.4, 0.5) is 0 Å². The summed E-state index contributed by atoms with van der Waals surface area (Å²) < 4.78 is 10.3. The van der Waals surface area contributed by atoms with Gasteiger partial charge in [-0.1, -0.05) is 30.3 Å². The van der Waals surface area contributed by atoms with Crippen molar-refractivity contribution in [3.05, 3.63) is 35.9 Å². The fraction of sp³-hybridized carbons (Fsp3) is 0.556. The smallest absolute Gasteiger partial charge is 0.323 e. The Morgan fingerprint density at radius 3 is 2.00 bits per heavy atom. The summed E-state index contributed by atoms with van der Waals surface area (Å²) in [7, 11) is 0. The van der Waals surface area contributed by atoms with Gasteiger partial charge in [-0.3, -0.25) is 14.5 Å². The molecule has 0 radical (unpaired) electrons. The fourth-order valence-corrected chi connectivity index (χ4v) is 3.06. The first kappa shape index (κ1) is 17.5. The van der Waals surface area contributed by atoms with Crippen molar-refractivity contribution in [1.82, 2.24) is 4.90 Å². The van der Waals surface area contributed by atoms with Crippen LogP contribution in [-0.2, 0) is 25.5 Å². The molecule has 2 rings (SSSR count). The van der Waals surface area contributed by atoms with Gasteiger partial charge in [-0.05, 0) is 38.7 Å². The lowest BCUT2D eigenvalue weighted by Crippen LogP contribution is -2.46. The molecule has 2 atom stereocenters. The molecule has 1 aliphatic rings. The minimum Gasteiger partial charge on any atom is -0.465 e. The van der Waals surface area contributed by atoms with Crippen LogP contribution in [0.2, 0.25) is 0 Å². The zero-order valence-electron chi connectivity index (χ0n) is 13.9. The van der Waals surface area contributed by atoms with E-state index in [1.807, 2.05) is 23.1 Å². The monoisotopic (exact) mass is 319 g/mol. The quantitative estimate of drug-likeness (QED) is 0.721. The molecule has 0 bridgehead atoms. The van der Waals surface area contributed by atoms with Crippen LogP contribution in [0.5, 0.6) is 0 Å². The summed E-state index contributed by atoms with van der Waals surface area (Å²) in [5, 5.41) is 0. The third-order valence-electron chi connectivity index (χ3n) is 4.13. The summed E-state index contributed by atoms with van der Waals surface area (Å²) in [5.41, 5.74) is 1.18. The summed E-state index contributed by atoms with van der Waals surface area (Å²) >= 11 is 0. The Balaban J connectivity index is 2.07. The van der Waals surface area contributed by atoms with Crippen LogP contribution >= 0.6 is 0 Å². The topological polar surface area (TPSA) is 55.8 Å². The summed E-state index contributed by atoms with van der Waals surface area (Å²) in [4.78, 5) is 26.3. The van der Waals surface area contributed by atoms with Gasteiger partial charge >= 0.3 is 11.9 Å². The Morgan fingerprint density at radius 1 is 1.00 bits per heavy atom. The first-order valence-electron chi connectivity index (χ1n) is 8.30. The van der Waals surface area contributed by atoms with Gasteiger partial charge in [0.15, 0.2) is 0 Å². The van der Waals surface area contributed by atoms with Crippen LogP contribution in [0.1, 0.15) is 32.3 Å². The molecule has 23 heavy (non-hydrogen) atoms. The average molecular weight is 319 g/mol. The maximum Gasteiger partial charge on any atom is 0.323 e. The largest absolute Gasteiger partial charge is 0.465 e. The van der Waals surface area contributed by atoms with E-state index in [4.69, 9.17) is 9.47 Å². The van der Waals surface area contributed by atoms with Gasteiger partial charge in [0.05, 0.1) is 13.2 Å². The average Bonchev–Trinajstić information content (AvgIpc) is 2.98. The normalized spacial score (nSPS) is 21.1. The van der Waals surface area contributed by atoms with Gasteiger partial charge in [-0.15, -0.1) is 0 Å². The van der Waals surface area contributed by atoms with Crippen molar-refractivity contribution in [1.29, 1.82) is 0 Å². The van der Waals surface area contributed by atoms with Crippen LogP contribution < -0.4 is 0 Å². The molecule has 5 heteroatoms. The number of benzene rings is 1. The fourth-order valence-electron chi connectivity index (χ4n) is 3.06. The first-order chi connectivity index (χ1) is 11.2. The van der Waals surface area contributed by atoms with E-state index < -0.39 is 0 Å². The van der Waals surface area contributed by atoms with Crippen LogP contribution in [-0.4, -0.2) is 48.7 Å². The number of ether oxygens (including phenoxy) is 2. The third kappa shape index (κ3) is 4.55. The number of carbonyl (C=O) groups is 2. The molecule has 0 N–H and O–H groups in total. The highest BCUT2D eigenvalue weighted by atomic mass is 16.5. The molecule has 0 aromatic heterocycles. The van der Waals surface area contributed by atoms with Crippen molar-refractivity contribution >= 4 is 11.9 Å². The molecule has 0 unspecified atom stereocenters. The van der Waals surface area contributed by atoms with Crippen LogP contribution in [0.3, 0.4) is 0 Å². The Bertz CT molecular complexity index is 491. The predicted molar refractivity (Wildman–Crippen MR) is 86.9 cm³/mol. The number of carbonyl (C=O) groups excluding carboxylic acids is 2. The summed E-state index contributed by atoms with van der Waals surface area (Å²) in [5.74, 6) is -0.486. The second kappa shape index (κ2) is 8.67. The maximum absolute atomic E-state index is 12.2. The zero-order valence-corrected chi connectivity index (χ0v) is 13.9. The molecule has 5 nitrogen and oxygen atoms in total. The van der Waals surface area contributed by atoms with E-state index in [0.717, 1.165) is 6.42 Å². The van der Waals surface area contributed by atoms with Crippen LogP contribution in [0.25, 0.3) is 0 Å². The first-order valence-corrected chi connectivity index (χ1v) is 8.30. The number of esters is 2. The highest BCUT2D eigenvalue weighted by Crippen LogP contribution is 2.26. The molecule has 1 aromatic rings. The van der Waals surface area contributed by atoms with E-state index in [0.29, 0.717) is 32.6 Å². The molecule has 1 aromatic carbocycles. The molecule has 126 valence electrons. The van der Waals surface area contributed by atoms with Gasteiger partial charge in [-0.25, -0.2) is 0 Å².